The minimum absolute atomic E-state index is 0.00667. The van der Waals surface area contributed by atoms with Crippen LogP contribution in [-0.4, -0.2) is 95.8 Å². The highest BCUT2D eigenvalue weighted by Gasteiger charge is 2.43. The van der Waals surface area contributed by atoms with E-state index in [1.165, 1.54) is 0 Å². The molecule has 0 saturated heterocycles. The standard InChI is InChI=1S/2C6H14O3.C2H4Cl3O4P/c2*1-5(8)4-9-6(2)3-7;3-2(4,5)1(6)10(7,8)9/h2*5-8H,3-4H2,1-2H3;1,6H,(H2,7,8,9). The molecule has 0 rings (SSSR count). The molecule has 0 aromatic heterocycles. The van der Waals surface area contributed by atoms with Gasteiger partial charge >= 0.3 is 7.60 Å². The van der Waals surface area contributed by atoms with Crippen LogP contribution in [0.15, 0.2) is 0 Å². The molecule has 174 valence electrons. The predicted molar refractivity (Wildman–Crippen MR) is 107 cm³/mol. The van der Waals surface area contributed by atoms with E-state index in [0.29, 0.717) is 13.2 Å². The first-order chi connectivity index (χ1) is 12.5. The molecule has 0 fully saturated rings. The molecule has 0 saturated carbocycles. The van der Waals surface area contributed by atoms with E-state index in [-0.39, 0.29) is 25.4 Å². The summed E-state index contributed by atoms with van der Waals surface area (Å²) in [5, 5.41) is 42.8. The average molecular weight is 498 g/mol. The first-order valence-electron chi connectivity index (χ1n) is 8.09. The van der Waals surface area contributed by atoms with Crippen LogP contribution < -0.4 is 0 Å². The first-order valence-corrected chi connectivity index (χ1v) is 10.9. The van der Waals surface area contributed by atoms with Gasteiger partial charge in [0.1, 0.15) is 0 Å². The summed E-state index contributed by atoms with van der Waals surface area (Å²) >= 11 is 14.9. The van der Waals surface area contributed by atoms with Gasteiger partial charge in [-0.15, -0.1) is 0 Å². The number of halogens is 3. The summed E-state index contributed by atoms with van der Waals surface area (Å²) in [7, 11) is -4.72. The molecule has 0 radical (unpaired) electrons. The molecule has 5 atom stereocenters. The Balaban J connectivity index is -0.000000336. The number of aliphatic hydroxyl groups is 5. The van der Waals surface area contributed by atoms with Gasteiger partial charge in [-0.05, 0) is 27.7 Å². The van der Waals surface area contributed by atoms with Crippen LogP contribution in [0.3, 0.4) is 0 Å². The Morgan fingerprint density at radius 1 is 0.821 bits per heavy atom. The molecular formula is C14H32Cl3O10P. The lowest BCUT2D eigenvalue weighted by molar-refractivity contribution is -0.0177. The topological polar surface area (TPSA) is 177 Å². The van der Waals surface area contributed by atoms with E-state index in [9.17, 15) is 4.57 Å². The van der Waals surface area contributed by atoms with Crippen molar-refractivity contribution in [1.82, 2.24) is 0 Å². The molecule has 0 aliphatic heterocycles. The maximum absolute atomic E-state index is 10.2. The third kappa shape index (κ3) is 24.8. The van der Waals surface area contributed by atoms with Crippen LogP contribution in [-0.2, 0) is 14.0 Å². The van der Waals surface area contributed by atoms with E-state index >= 15 is 0 Å². The predicted octanol–water partition coefficient (Wildman–Crippen LogP) is 0.382. The summed E-state index contributed by atoms with van der Waals surface area (Å²) in [6.45, 7) is 7.39. The summed E-state index contributed by atoms with van der Waals surface area (Å²) < 4.78 is 17.7. The van der Waals surface area contributed by atoms with E-state index < -0.39 is 29.4 Å². The highest BCUT2D eigenvalue weighted by atomic mass is 35.6. The fraction of sp³-hybridized carbons (Fsp3) is 1.00. The largest absolute Gasteiger partial charge is 0.394 e. The Labute approximate surface area is 180 Å². The minimum atomic E-state index is -4.72. The fourth-order valence-electron chi connectivity index (χ4n) is 0.903. The molecule has 0 aromatic rings. The summed E-state index contributed by atoms with van der Waals surface area (Å²) in [6.07, 6.45) is -1.22. The normalized spacial score (nSPS) is 17.2. The number of aliphatic hydroxyl groups excluding tert-OH is 5. The molecule has 0 spiro atoms. The van der Waals surface area contributed by atoms with Gasteiger partial charge in [0, 0.05) is 0 Å². The van der Waals surface area contributed by atoms with Crippen LogP contribution in [0.4, 0.5) is 0 Å². The monoisotopic (exact) mass is 496 g/mol. The number of rotatable bonds is 9. The van der Waals surface area contributed by atoms with Crippen molar-refractivity contribution in [2.75, 3.05) is 26.4 Å². The van der Waals surface area contributed by atoms with Crippen molar-refractivity contribution in [3.8, 4) is 0 Å². The smallest absolute Gasteiger partial charge is 0.358 e. The Kier molecular flexibility index (Phi) is 20.8. The second-order valence-corrected chi connectivity index (χ2v) is 9.89. The number of hydrogen-bond donors (Lipinski definition) is 7. The van der Waals surface area contributed by atoms with Crippen molar-refractivity contribution in [1.29, 1.82) is 0 Å². The molecule has 0 amide bonds. The summed E-state index contributed by atoms with van der Waals surface area (Å²) in [5.74, 6) is -2.27. The number of hydrogen-bond acceptors (Lipinski definition) is 8. The van der Waals surface area contributed by atoms with Gasteiger partial charge in [0.25, 0.3) is 0 Å². The number of ether oxygens (including phenoxy) is 2. The molecule has 0 aromatic carbocycles. The van der Waals surface area contributed by atoms with Crippen molar-refractivity contribution in [2.24, 2.45) is 0 Å². The van der Waals surface area contributed by atoms with Gasteiger partial charge in [0.2, 0.25) is 9.64 Å². The third-order valence-electron chi connectivity index (χ3n) is 2.37. The van der Waals surface area contributed by atoms with E-state index in [2.05, 4.69) is 0 Å². The molecular weight excluding hydrogens is 465 g/mol. The highest BCUT2D eigenvalue weighted by molar-refractivity contribution is 7.52. The van der Waals surface area contributed by atoms with Crippen molar-refractivity contribution in [3.63, 3.8) is 0 Å². The maximum Gasteiger partial charge on any atom is 0.358 e. The Bertz CT molecular complexity index is 385. The zero-order chi connectivity index (χ0) is 23.1. The molecule has 10 nitrogen and oxygen atoms in total. The van der Waals surface area contributed by atoms with Gasteiger partial charge in [-0.1, -0.05) is 34.8 Å². The first kappa shape index (κ1) is 33.4. The molecule has 5 unspecified atom stereocenters. The van der Waals surface area contributed by atoms with Crippen LogP contribution >= 0.6 is 42.4 Å². The van der Waals surface area contributed by atoms with Crippen molar-refractivity contribution in [3.05, 3.63) is 0 Å². The SMILES string of the molecule is CC(O)COC(C)CO.CC(O)COC(C)CO.O=P(O)(O)C(O)C(Cl)(Cl)Cl. The maximum atomic E-state index is 10.2. The summed E-state index contributed by atoms with van der Waals surface area (Å²) in [4.78, 5) is 16.5. The van der Waals surface area contributed by atoms with E-state index in [4.69, 9.17) is 79.6 Å². The zero-order valence-corrected chi connectivity index (χ0v) is 19.3. The summed E-state index contributed by atoms with van der Waals surface area (Å²) in [5.41, 5.74) is 0. The van der Waals surface area contributed by atoms with Crippen molar-refractivity contribution >= 4 is 42.4 Å². The summed E-state index contributed by atoms with van der Waals surface area (Å²) in [6, 6.07) is 0. The minimum Gasteiger partial charge on any atom is -0.394 e. The van der Waals surface area contributed by atoms with Crippen molar-refractivity contribution in [2.45, 2.75) is 61.7 Å². The molecule has 14 heteroatoms. The van der Waals surface area contributed by atoms with E-state index in [1.54, 1.807) is 27.7 Å². The molecule has 28 heavy (non-hydrogen) atoms. The quantitative estimate of drug-likeness (QED) is 0.174. The Hall–Kier alpha value is 0.740. The Morgan fingerprint density at radius 2 is 1.11 bits per heavy atom. The number of alkyl halides is 3. The average Bonchev–Trinajstić information content (AvgIpc) is 2.56. The molecule has 0 aliphatic rings. The second kappa shape index (κ2) is 17.4. The fourth-order valence-corrected chi connectivity index (χ4v) is 2.43. The van der Waals surface area contributed by atoms with Crippen LogP contribution in [0.1, 0.15) is 27.7 Å². The van der Waals surface area contributed by atoms with Crippen molar-refractivity contribution < 1.29 is 49.4 Å². The molecule has 0 bridgehead atoms. The van der Waals surface area contributed by atoms with Gasteiger partial charge in [0.05, 0.1) is 50.8 Å². The zero-order valence-electron chi connectivity index (χ0n) is 16.2. The third-order valence-corrected chi connectivity index (χ3v) is 4.47. The van der Waals surface area contributed by atoms with Gasteiger partial charge in [-0.3, -0.25) is 4.57 Å². The highest BCUT2D eigenvalue weighted by Crippen LogP contribution is 2.50. The van der Waals surface area contributed by atoms with Gasteiger partial charge in [-0.25, -0.2) is 0 Å². The molecule has 0 heterocycles. The molecule has 7 N–H and O–H groups in total. The van der Waals surface area contributed by atoms with Crippen LogP contribution in [0.25, 0.3) is 0 Å². The van der Waals surface area contributed by atoms with Crippen LogP contribution in [0, 0.1) is 0 Å². The van der Waals surface area contributed by atoms with E-state index in [0.717, 1.165) is 0 Å². The van der Waals surface area contributed by atoms with Crippen LogP contribution in [0.2, 0.25) is 0 Å². The molecule has 0 aliphatic carbocycles. The van der Waals surface area contributed by atoms with Gasteiger partial charge in [-0.2, -0.15) is 0 Å². The lowest BCUT2D eigenvalue weighted by Gasteiger charge is -2.18. The lowest BCUT2D eigenvalue weighted by Crippen LogP contribution is -2.24. The van der Waals surface area contributed by atoms with Gasteiger partial charge in [0.15, 0.2) is 0 Å². The van der Waals surface area contributed by atoms with Gasteiger partial charge < -0.3 is 44.8 Å². The Morgan fingerprint density at radius 3 is 1.21 bits per heavy atom. The van der Waals surface area contributed by atoms with Crippen LogP contribution in [0.5, 0.6) is 0 Å². The lowest BCUT2D eigenvalue weighted by atomic mass is 10.4. The second-order valence-electron chi connectivity index (χ2n) is 5.86. The van der Waals surface area contributed by atoms with E-state index in [1.807, 2.05) is 0 Å².